The Hall–Kier alpha value is -0.710. The largest absolute Gasteiger partial charge is 0.324 e. The molecule has 0 saturated heterocycles. The third-order valence-electron chi connectivity index (χ3n) is 2.42. The fraction of sp³-hybridized carbons (Fsp3) is 0.364. The van der Waals surface area contributed by atoms with Crippen molar-refractivity contribution in [3.63, 3.8) is 0 Å². The number of nitrogens with one attached hydrogen (secondary N) is 2. The van der Waals surface area contributed by atoms with Gasteiger partial charge in [0.1, 0.15) is 0 Å². The Kier molecular flexibility index (Phi) is 3.74. The molecule has 1 aromatic rings. The summed E-state index contributed by atoms with van der Waals surface area (Å²) in [5.74, 6) is 0.0648. The minimum absolute atomic E-state index is 0.0128. The van der Waals surface area contributed by atoms with E-state index in [-0.39, 0.29) is 11.2 Å². The molecule has 2 N–H and O–H groups in total. The van der Waals surface area contributed by atoms with E-state index in [2.05, 4.69) is 10.6 Å². The number of hydrogen-bond acceptors (Lipinski definition) is 3. The van der Waals surface area contributed by atoms with Gasteiger partial charge in [-0.25, -0.2) is 0 Å². The molecule has 1 aliphatic rings. The number of rotatable bonds is 3. The second-order valence-electron chi connectivity index (χ2n) is 3.63. The smallest absolute Gasteiger partial charge is 0.237 e. The number of thioether (sulfide) groups is 1. The van der Waals surface area contributed by atoms with Crippen LogP contribution in [-0.2, 0) is 4.79 Å². The maximum atomic E-state index is 11.8. The standard InChI is InChI=1S/C11H13ClN2OS/c1-13-5-4-10-11(15)14-8-6-7(12)2-3-9(8)16-10/h2-3,6,10,13H,4-5H2,1H3,(H,14,15). The predicted octanol–water partition coefficient (Wildman–Crippen LogP) is 2.36. The highest BCUT2D eigenvalue weighted by Crippen LogP contribution is 2.37. The summed E-state index contributed by atoms with van der Waals surface area (Å²) in [6.07, 6.45) is 0.828. The lowest BCUT2D eigenvalue weighted by Crippen LogP contribution is -2.31. The van der Waals surface area contributed by atoms with Crippen molar-refractivity contribution in [2.24, 2.45) is 0 Å². The molecule has 2 rings (SSSR count). The minimum Gasteiger partial charge on any atom is -0.324 e. The molecule has 1 amide bonds. The molecule has 3 nitrogen and oxygen atoms in total. The predicted molar refractivity (Wildman–Crippen MR) is 68.3 cm³/mol. The molecule has 0 bridgehead atoms. The van der Waals surface area contributed by atoms with Crippen LogP contribution in [0.15, 0.2) is 23.1 Å². The number of anilines is 1. The molecular weight excluding hydrogens is 244 g/mol. The quantitative estimate of drug-likeness (QED) is 0.872. The van der Waals surface area contributed by atoms with E-state index in [1.807, 2.05) is 19.2 Å². The summed E-state index contributed by atoms with van der Waals surface area (Å²) in [5, 5.41) is 6.58. The molecular formula is C11H13ClN2OS. The van der Waals surface area contributed by atoms with Crippen LogP contribution >= 0.6 is 23.4 Å². The second-order valence-corrected chi connectivity index (χ2v) is 5.31. The van der Waals surface area contributed by atoms with Crippen LogP contribution in [0.3, 0.4) is 0 Å². The lowest BCUT2D eigenvalue weighted by molar-refractivity contribution is -0.115. The Balaban J connectivity index is 2.15. The fourth-order valence-corrected chi connectivity index (χ4v) is 2.85. The average Bonchev–Trinajstić information content (AvgIpc) is 2.26. The Morgan fingerprint density at radius 2 is 2.38 bits per heavy atom. The molecule has 0 fully saturated rings. The Morgan fingerprint density at radius 3 is 3.12 bits per heavy atom. The van der Waals surface area contributed by atoms with Gasteiger partial charge in [0, 0.05) is 9.92 Å². The first-order chi connectivity index (χ1) is 7.70. The molecule has 5 heteroatoms. The van der Waals surface area contributed by atoms with Crippen molar-refractivity contribution >= 4 is 35.0 Å². The molecule has 0 radical (unpaired) electrons. The van der Waals surface area contributed by atoms with Gasteiger partial charge in [-0.3, -0.25) is 4.79 Å². The lowest BCUT2D eigenvalue weighted by atomic mass is 10.2. The first kappa shape index (κ1) is 11.8. The Labute approximate surface area is 104 Å². The van der Waals surface area contributed by atoms with Gasteiger partial charge in [0.05, 0.1) is 10.9 Å². The van der Waals surface area contributed by atoms with Crippen LogP contribution < -0.4 is 10.6 Å². The van der Waals surface area contributed by atoms with E-state index in [0.29, 0.717) is 5.02 Å². The normalized spacial score (nSPS) is 19.1. The molecule has 1 atom stereocenters. The summed E-state index contributed by atoms with van der Waals surface area (Å²) in [6.45, 7) is 0.841. The highest BCUT2D eigenvalue weighted by molar-refractivity contribution is 8.01. The van der Waals surface area contributed by atoms with Crippen molar-refractivity contribution in [2.45, 2.75) is 16.6 Å². The second kappa shape index (κ2) is 5.08. The van der Waals surface area contributed by atoms with Crippen LogP contribution in [0.2, 0.25) is 5.02 Å². The molecule has 1 aromatic carbocycles. The summed E-state index contributed by atoms with van der Waals surface area (Å²) in [6, 6.07) is 5.59. The summed E-state index contributed by atoms with van der Waals surface area (Å²) in [5.41, 5.74) is 0.822. The first-order valence-corrected chi connectivity index (χ1v) is 6.38. The zero-order valence-electron chi connectivity index (χ0n) is 8.92. The van der Waals surface area contributed by atoms with E-state index in [4.69, 9.17) is 11.6 Å². The van der Waals surface area contributed by atoms with Gasteiger partial charge >= 0.3 is 0 Å². The third-order valence-corrected chi connectivity index (χ3v) is 4.00. The van der Waals surface area contributed by atoms with Gasteiger partial charge in [-0.2, -0.15) is 0 Å². The van der Waals surface area contributed by atoms with Crippen molar-refractivity contribution in [3.05, 3.63) is 23.2 Å². The number of halogens is 1. The van der Waals surface area contributed by atoms with E-state index in [9.17, 15) is 4.79 Å². The van der Waals surface area contributed by atoms with Crippen LogP contribution in [0.5, 0.6) is 0 Å². The van der Waals surface area contributed by atoms with Gasteiger partial charge in [-0.1, -0.05) is 11.6 Å². The maximum Gasteiger partial charge on any atom is 0.237 e. The topological polar surface area (TPSA) is 41.1 Å². The number of benzene rings is 1. The van der Waals surface area contributed by atoms with Crippen LogP contribution in [-0.4, -0.2) is 24.7 Å². The van der Waals surface area contributed by atoms with Crippen LogP contribution in [0.4, 0.5) is 5.69 Å². The van der Waals surface area contributed by atoms with Crippen molar-refractivity contribution < 1.29 is 4.79 Å². The third kappa shape index (κ3) is 2.51. The minimum atomic E-state index is -0.0128. The Morgan fingerprint density at radius 1 is 1.56 bits per heavy atom. The van der Waals surface area contributed by atoms with Gasteiger partial charge in [0.2, 0.25) is 5.91 Å². The van der Waals surface area contributed by atoms with Gasteiger partial charge in [0.15, 0.2) is 0 Å². The van der Waals surface area contributed by atoms with Crippen molar-refractivity contribution in [3.8, 4) is 0 Å². The fourth-order valence-electron chi connectivity index (χ4n) is 1.59. The van der Waals surface area contributed by atoms with E-state index in [1.54, 1.807) is 17.8 Å². The van der Waals surface area contributed by atoms with E-state index >= 15 is 0 Å². The van der Waals surface area contributed by atoms with E-state index < -0.39 is 0 Å². The van der Waals surface area contributed by atoms with E-state index in [1.165, 1.54) is 0 Å². The zero-order chi connectivity index (χ0) is 11.5. The molecule has 0 saturated carbocycles. The van der Waals surface area contributed by atoms with Gasteiger partial charge in [-0.15, -0.1) is 11.8 Å². The number of carbonyl (C=O) groups excluding carboxylic acids is 1. The molecule has 0 aromatic heterocycles. The van der Waals surface area contributed by atoms with Gasteiger partial charge in [0.25, 0.3) is 0 Å². The Bertz CT molecular complexity index is 411. The molecule has 1 unspecified atom stereocenters. The summed E-state index contributed by atoms with van der Waals surface area (Å²) in [7, 11) is 1.89. The van der Waals surface area contributed by atoms with Crippen molar-refractivity contribution in [1.82, 2.24) is 5.32 Å². The van der Waals surface area contributed by atoms with Gasteiger partial charge in [-0.05, 0) is 38.2 Å². The van der Waals surface area contributed by atoms with Crippen molar-refractivity contribution in [1.29, 1.82) is 0 Å². The molecule has 0 aliphatic carbocycles. The number of hydrogen-bond donors (Lipinski definition) is 2. The molecule has 1 heterocycles. The van der Waals surface area contributed by atoms with E-state index in [0.717, 1.165) is 23.5 Å². The average molecular weight is 257 g/mol. The SMILES string of the molecule is CNCCC1Sc2ccc(Cl)cc2NC1=O. The number of carbonyl (C=O) groups is 1. The molecule has 16 heavy (non-hydrogen) atoms. The number of amides is 1. The van der Waals surface area contributed by atoms with Gasteiger partial charge < -0.3 is 10.6 Å². The van der Waals surface area contributed by atoms with Crippen LogP contribution in [0.1, 0.15) is 6.42 Å². The summed E-state index contributed by atoms with van der Waals surface area (Å²) in [4.78, 5) is 12.9. The molecule has 86 valence electrons. The first-order valence-electron chi connectivity index (χ1n) is 5.12. The maximum absolute atomic E-state index is 11.8. The summed E-state index contributed by atoms with van der Waals surface area (Å²) >= 11 is 7.48. The zero-order valence-corrected chi connectivity index (χ0v) is 10.5. The van der Waals surface area contributed by atoms with Crippen LogP contribution in [0, 0.1) is 0 Å². The highest BCUT2D eigenvalue weighted by Gasteiger charge is 2.26. The summed E-state index contributed by atoms with van der Waals surface area (Å²) < 4.78 is 0. The van der Waals surface area contributed by atoms with Crippen LogP contribution in [0.25, 0.3) is 0 Å². The van der Waals surface area contributed by atoms with Crippen molar-refractivity contribution in [2.75, 3.05) is 18.9 Å². The molecule has 0 spiro atoms. The monoisotopic (exact) mass is 256 g/mol. The molecule has 1 aliphatic heterocycles. The highest BCUT2D eigenvalue weighted by atomic mass is 35.5. The lowest BCUT2D eigenvalue weighted by Gasteiger charge is -2.24. The number of fused-ring (bicyclic) bond motifs is 1.